The van der Waals surface area contributed by atoms with Crippen LogP contribution < -0.4 is 10.4 Å². The number of aliphatic hydroxyl groups is 1. The van der Waals surface area contributed by atoms with Crippen LogP contribution in [0.4, 0.5) is 0 Å². The van der Waals surface area contributed by atoms with Gasteiger partial charge in [-0.05, 0) is 31.4 Å². The number of hydrogen-bond donors (Lipinski definition) is 3. The predicted molar refractivity (Wildman–Crippen MR) is 79.9 cm³/mol. The van der Waals surface area contributed by atoms with Gasteiger partial charge in [-0.15, -0.1) is 0 Å². The van der Waals surface area contributed by atoms with Gasteiger partial charge in [0.05, 0.1) is 18.1 Å². The third kappa shape index (κ3) is 3.85. The molecule has 22 heavy (non-hydrogen) atoms. The zero-order chi connectivity index (χ0) is 16.1. The number of carbonyl (C=O) groups excluding carboxylic acids is 2. The number of aliphatic carboxylic acids is 1. The number of aromatic nitrogens is 1. The number of carbonyl (C=O) groups is 2. The van der Waals surface area contributed by atoms with Crippen LogP contribution in [0.25, 0.3) is 10.9 Å². The van der Waals surface area contributed by atoms with E-state index in [1.54, 1.807) is 0 Å². The minimum absolute atomic E-state index is 0.190. The summed E-state index contributed by atoms with van der Waals surface area (Å²) in [5, 5.41) is 23.5. The molecule has 6 heteroatoms. The van der Waals surface area contributed by atoms with Crippen molar-refractivity contribution in [2.75, 3.05) is 0 Å². The van der Waals surface area contributed by atoms with Gasteiger partial charge in [0.15, 0.2) is 0 Å². The molecule has 0 bridgehead atoms. The zero-order valence-corrected chi connectivity index (χ0v) is 12.3. The molecular formula is C16H19N2O4-. The van der Waals surface area contributed by atoms with Crippen molar-refractivity contribution in [1.29, 1.82) is 0 Å². The Balaban J connectivity index is 1.85. The molecule has 3 N–H and O–H groups in total. The lowest BCUT2D eigenvalue weighted by Gasteiger charge is -2.22. The zero-order valence-electron chi connectivity index (χ0n) is 12.3. The Labute approximate surface area is 128 Å². The highest BCUT2D eigenvalue weighted by Gasteiger charge is 2.18. The maximum atomic E-state index is 11.7. The van der Waals surface area contributed by atoms with Gasteiger partial charge in [0.25, 0.3) is 0 Å². The molecule has 1 heterocycles. The van der Waals surface area contributed by atoms with E-state index in [0.29, 0.717) is 12.8 Å². The molecule has 6 nitrogen and oxygen atoms in total. The molecule has 2 aromatic rings. The molecule has 0 saturated carbocycles. The number of carboxylic acid groups (broad SMARTS) is 1. The van der Waals surface area contributed by atoms with Crippen molar-refractivity contribution in [3.05, 3.63) is 36.0 Å². The second-order valence-corrected chi connectivity index (χ2v) is 5.32. The summed E-state index contributed by atoms with van der Waals surface area (Å²) in [5.74, 6) is -1.89. The normalized spacial score (nSPS) is 13.7. The molecule has 0 unspecified atom stereocenters. The minimum atomic E-state index is -1.49. The Bertz CT molecular complexity index is 663. The van der Waals surface area contributed by atoms with Crippen molar-refractivity contribution in [3.8, 4) is 0 Å². The van der Waals surface area contributed by atoms with Crippen molar-refractivity contribution in [2.45, 2.75) is 38.3 Å². The molecule has 0 aliphatic rings. The lowest BCUT2D eigenvalue weighted by molar-refractivity contribution is -0.310. The Morgan fingerprint density at radius 3 is 2.77 bits per heavy atom. The van der Waals surface area contributed by atoms with E-state index >= 15 is 0 Å². The fourth-order valence-corrected chi connectivity index (χ4v) is 2.40. The largest absolute Gasteiger partial charge is 0.548 e. The van der Waals surface area contributed by atoms with Gasteiger partial charge in [-0.2, -0.15) is 0 Å². The Morgan fingerprint density at radius 1 is 1.36 bits per heavy atom. The topological polar surface area (TPSA) is 105 Å². The van der Waals surface area contributed by atoms with Gasteiger partial charge < -0.3 is 25.3 Å². The van der Waals surface area contributed by atoms with Crippen molar-refractivity contribution in [2.24, 2.45) is 0 Å². The number of hydrogen-bond acceptors (Lipinski definition) is 4. The molecule has 0 aliphatic heterocycles. The summed E-state index contributed by atoms with van der Waals surface area (Å²) in [5.41, 5.74) is 2.17. The number of aliphatic hydroxyl groups excluding tert-OH is 1. The quantitative estimate of drug-likeness (QED) is 0.675. The fourth-order valence-electron chi connectivity index (χ4n) is 2.40. The molecule has 118 valence electrons. The van der Waals surface area contributed by atoms with E-state index in [0.717, 1.165) is 16.5 Å². The summed E-state index contributed by atoms with van der Waals surface area (Å²) in [7, 11) is 0. The van der Waals surface area contributed by atoms with E-state index in [2.05, 4.69) is 10.3 Å². The van der Waals surface area contributed by atoms with E-state index in [9.17, 15) is 19.8 Å². The summed E-state index contributed by atoms with van der Waals surface area (Å²) in [6.45, 7) is 1.30. The Kier molecular flexibility index (Phi) is 5.16. The van der Waals surface area contributed by atoms with Gasteiger partial charge in [-0.25, -0.2) is 0 Å². The highest BCUT2D eigenvalue weighted by molar-refractivity contribution is 5.84. The molecule has 1 aromatic heterocycles. The summed E-state index contributed by atoms with van der Waals surface area (Å²) in [6, 6.07) is 6.53. The Hall–Kier alpha value is -2.34. The van der Waals surface area contributed by atoms with Crippen LogP contribution in [0, 0.1) is 0 Å². The van der Waals surface area contributed by atoms with E-state index in [-0.39, 0.29) is 6.42 Å². The number of H-pyrrole nitrogens is 1. The molecule has 1 amide bonds. The number of aromatic amines is 1. The third-order valence-corrected chi connectivity index (χ3v) is 3.58. The molecular weight excluding hydrogens is 284 g/mol. The molecule has 1 aromatic carbocycles. The Morgan fingerprint density at radius 2 is 2.09 bits per heavy atom. The number of aryl methyl sites for hydroxylation is 1. The van der Waals surface area contributed by atoms with Crippen LogP contribution in [0.5, 0.6) is 0 Å². The maximum absolute atomic E-state index is 11.7. The maximum Gasteiger partial charge on any atom is 0.220 e. The van der Waals surface area contributed by atoms with Gasteiger partial charge in [-0.3, -0.25) is 4.79 Å². The molecule has 2 atom stereocenters. The lowest BCUT2D eigenvalue weighted by atomic mass is 10.1. The molecule has 0 fully saturated rings. The number of carboxylic acids is 1. The second-order valence-electron chi connectivity index (χ2n) is 5.32. The van der Waals surface area contributed by atoms with Crippen LogP contribution in [0.15, 0.2) is 30.5 Å². The van der Waals surface area contributed by atoms with Crippen molar-refractivity contribution in [1.82, 2.24) is 10.3 Å². The number of para-hydroxylation sites is 1. The highest BCUT2D eigenvalue weighted by Crippen LogP contribution is 2.19. The standard InChI is InChI=1S/C16H20N2O4/c1-10(19)15(16(21)22)18-14(20)8-4-5-11-9-17-13-7-3-2-6-12(11)13/h2-3,6-7,9-10,15,17,19H,4-5,8H2,1H3,(H,18,20)(H,21,22)/p-1/t10-,15+/m1/s1. The second kappa shape index (κ2) is 7.09. The highest BCUT2D eigenvalue weighted by atomic mass is 16.4. The molecule has 0 spiro atoms. The van der Waals surface area contributed by atoms with E-state index < -0.39 is 24.0 Å². The number of amides is 1. The first-order chi connectivity index (χ1) is 10.5. The van der Waals surface area contributed by atoms with Crippen LogP contribution >= 0.6 is 0 Å². The summed E-state index contributed by atoms with van der Waals surface area (Å²) in [4.78, 5) is 25.7. The predicted octanol–water partition coefficient (Wildman–Crippen LogP) is 0.106. The third-order valence-electron chi connectivity index (χ3n) is 3.58. The van der Waals surface area contributed by atoms with E-state index in [1.165, 1.54) is 6.92 Å². The molecule has 0 saturated heterocycles. The first kappa shape index (κ1) is 16.0. The average molecular weight is 303 g/mol. The van der Waals surface area contributed by atoms with Crippen molar-refractivity contribution < 1.29 is 19.8 Å². The van der Waals surface area contributed by atoms with Gasteiger partial charge in [0.2, 0.25) is 5.91 Å². The van der Waals surface area contributed by atoms with Crippen LogP contribution in [0.1, 0.15) is 25.3 Å². The van der Waals surface area contributed by atoms with Crippen molar-refractivity contribution in [3.63, 3.8) is 0 Å². The van der Waals surface area contributed by atoms with Crippen LogP contribution in [0.2, 0.25) is 0 Å². The number of fused-ring (bicyclic) bond motifs is 1. The summed E-state index contributed by atoms with van der Waals surface area (Å²) >= 11 is 0. The lowest BCUT2D eigenvalue weighted by Crippen LogP contribution is -2.53. The first-order valence-corrected chi connectivity index (χ1v) is 7.22. The summed E-state index contributed by atoms with van der Waals surface area (Å²) in [6.07, 6.45) is 2.22. The average Bonchev–Trinajstić information content (AvgIpc) is 2.88. The number of benzene rings is 1. The SMILES string of the molecule is C[C@@H](O)[C@H](NC(=O)CCCc1c[nH]c2ccccc12)C(=O)[O-]. The van der Waals surface area contributed by atoms with Gasteiger partial charge >= 0.3 is 0 Å². The van der Waals surface area contributed by atoms with Gasteiger partial charge in [0, 0.05) is 23.5 Å². The van der Waals surface area contributed by atoms with Crippen molar-refractivity contribution >= 4 is 22.8 Å². The molecule has 0 radical (unpaired) electrons. The van der Waals surface area contributed by atoms with Crippen LogP contribution in [0.3, 0.4) is 0 Å². The van der Waals surface area contributed by atoms with E-state index in [4.69, 9.17) is 0 Å². The monoisotopic (exact) mass is 303 g/mol. The number of rotatable bonds is 7. The van der Waals surface area contributed by atoms with Crippen LogP contribution in [-0.2, 0) is 16.0 Å². The minimum Gasteiger partial charge on any atom is -0.548 e. The van der Waals surface area contributed by atoms with Crippen LogP contribution in [-0.4, -0.2) is 34.1 Å². The van der Waals surface area contributed by atoms with Gasteiger partial charge in [-0.1, -0.05) is 18.2 Å². The molecule has 0 aliphatic carbocycles. The van der Waals surface area contributed by atoms with E-state index in [1.807, 2.05) is 30.5 Å². The summed E-state index contributed by atoms with van der Waals surface area (Å²) < 4.78 is 0. The van der Waals surface area contributed by atoms with Gasteiger partial charge in [0.1, 0.15) is 0 Å². The molecule has 2 rings (SSSR count). The first-order valence-electron chi connectivity index (χ1n) is 7.22. The fraction of sp³-hybridized carbons (Fsp3) is 0.375. The number of nitrogens with one attached hydrogen (secondary N) is 2. The smallest absolute Gasteiger partial charge is 0.220 e.